The number of hydrogen-bond donors (Lipinski definition) is 2. The highest BCUT2D eigenvalue weighted by Crippen LogP contribution is 2.33. The molecule has 3 heteroatoms. The normalized spacial score (nSPS) is 33.9. The smallest absolute Gasteiger partial charge is 0.0540 e. The monoisotopic (exact) mass is 280 g/mol. The van der Waals surface area contributed by atoms with E-state index in [1.54, 1.807) is 0 Å². The Balaban J connectivity index is 1.49. The van der Waals surface area contributed by atoms with Gasteiger partial charge in [-0.15, -0.1) is 0 Å². The summed E-state index contributed by atoms with van der Waals surface area (Å²) >= 11 is 0. The molecule has 1 saturated heterocycles. The highest BCUT2D eigenvalue weighted by Gasteiger charge is 2.36. The molecule has 0 radical (unpaired) electrons. The number of nitrogens with zero attached hydrogens (tertiary/aromatic N) is 1. The molecule has 0 bridgehead atoms. The number of nitrogens with one attached hydrogen (secondary N) is 1. The van der Waals surface area contributed by atoms with E-state index in [4.69, 9.17) is 0 Å². The molecule has 116 valence electrons. The lowest BCUT2D eigenvalue weighted by atomic mass is 9.84. The van der Waals surface area contributed by atoms with Crippen LogP contribution in [0.5, 0.6) is 0 Å². The molecule has 3 nitrogen and oxygen atoms in total. The summed E-state index contributed by atoms with van der Waals surface area (Å²) in [4.78, 5) is 2.70. The number of aliphatic hydroxyl groups excluding tert-OH is 1. The van der Waals surface area contributed by atoms with Crippen molar-refractivity contribution in [3.63, 3.8) is 0 Å². The van der Waals surface area contributed by atoms with E-state index in [0.29, 0.717) is 12.0 Å². The first-order valence-electron chi connectivity index (χ1n) is 8.90. The Labute approximate surface area is 124 Å². The van der Waals surface area contributed by atoms with Crippen molar-refractivity contribution < 1.29 is 5.11 Å². The van der Waals surface area contributed by atoms with E-state index in [1.165, 1.54) is 58.2 Å². The van der Waals surface area contributed by atoms with E-state index >= 15 is 0 Å². The SMILES string of the molecule is CCC(O)CC1CC(NCC2CCC2)CN(C2CC2)C1. The summed E-state index contributed by atoms with van der Waals surface area (Å²) in [6.45, 7) is 5.80. The fourth-order valence-corrected chi connectivity index (χ4v) is 3.88. The molecule has 20 heavy (non-hydrogen) atoms. The van der Waals surface area contributed by atoms with Crippen LogP contribution in [0.3, 0.4) is 0 Å². The Morgan fingerprint density at radius 3 is 2.55 bits per heavy atom. The van der Waals surface area contributed by atoms with Crippen LogP contribution in [0.1, 0.15) is 58.3 Å². The van der Waals surface area contributed by atoms with E-state index in [9.17, 15) is 5.11 Å². The largest absolute Gasteiger partial charge is 0.393 e. The maximum Gasteiger partial charge on any atom is 0.0540 e. The molecule has 1 heterocycles. The minimum absolute atomic E-state index is 0.0913. The van der Waals surface area contributed by atoms with Gasteiger partial charge < -0.3 is 10.4 Å². The highest BCUT2D eigenvalue weighted by molar-refractivity contribution is 4.93. The summed E-state index contributed by atoms with van der Waals surface area (Å²) in [5, 5.41) is 13.8. The first-order valence-corrected chi connectivity index (χ1v) is 8.90. The molecule has 0 spiro atoms. The van der Waals surface area contributed by atoms with Gasteiger partial charge in [-0.2, -0.15) is 0 Å². The van der Waals surface area contributed by atoms with Crippen LogP contribution < -0.4 is 5.32 Å². The number of piperidine rings is 1. The Hall–Kier alpha value is -0.120. The zero-order valence-electron chi connectivity index (χ0n) is 13.1. The first-order chi connectivity index (χ1) is 9.74. The second-order valence-corrected chi connectivity index (χ2v) is 7.49. The van der Waals surface area contributed by atoms with E-state index in [-0.39, 0.29) is 6.10 Å². The zero-order chi connectivity index (χ0) is 13.9. The van der Waals surface area contributed by atoms with Crippen molar-refractivity contribution in [3.05, 3.63) is 0 Å². The fraction of sp³-hybridized carbons (Fsp3) is 1.00. The summed E-state index contributed by atoms with van der Waals surface area (Å²) in [7, 11) is 0. The minimum Gasteiger partial charge on any atom is -0.393 e. The van der Waals surface area contributed by atoms with Gasteiger partial charge in [0.1, 0.15) is 0 Å². The van der Waals surface area contributed by atoms with Crippen LogP contribution in [-0.4, -0.2) is 47.8 Å². The van der Waals surface area contributed by atoms with E-state index in [0.717, 1.165) is 24.8 Å². The molecule has 1 aliphatic heterocycles. The maximum absolute atomic E-state index is 9.96. The van der Waals surface area contributed by atoms with Crippen molar-refractivity contribution in [3.8, 4) is 0 Å². The molecule has 3 fully saturated rings. The van der Waals surface area contributed by atoms with Crippen molar-refractivity contribution >= 4 is 0 Å². The molecular weight excluding hydrogens is 248 g/mol. The van der Waals surface area contributed by atoms with Crippen molar-refractivity contribution in [2.24, 2.45) is 11.8 Å². The lowest BCUT2D eigenvalue weighted by Gasteiger charge is -2.40. The predicted octanol–water partition coefficient (Wildman–Crippen LogP) is 2.39. The molecule has 3 unspecified atom stereocenters. The first kappa shape index (κ1) is 14.8. The van der Waals surface area contributed by atoms with E-state index in [2.05, 4.69) is 17.1 Å². The molecule has 3 rings (SSSR count). The van der Waals surface area contributed by atoms with Gasteiger partial charge in [0, 0.05) is 25.2 Å². The molecule has 0 amide bonds. The standard InChI is InChI=1S/C17H32N2O/c1-2-17(20)9-14-8-15(18-10-13-4-3-5-13)12-19(11-14)16-6-7-16/h13-18,20H,2-12H2,1H3. The zero-order valence-corrected chi connectivity index (χ0v) is 13.1. The molecule has 3 atom stereocenters. The Morgan fingerprint density at radius 1 is 1.15 bits per heavy atom. The Morgan fingerprint density at radius 2 is 1.95 bits per heavy atom. The molecule has 2 N–H and O–H groups in total. The number of aliphatic hydroxyl groups is 1. The fourth-order valence-electron chi connectivity index (χ4n) is 3.88. The topological polar surface area (TPSA) is 35.5 Å². The van der Waals surface area contributed by atoms with Crippen molar-refractivity contribution in [2.45, 2.75) is 76.5 Å². The Bertz CT molecular complexity index is 301. The van der Waals surface area contributed by atoms with Gasteiger partial charge in [-0.05, 0) is 63.3 Å². The van der Waals surface area contributed by atoms with Crippen LogP contribution in [0.25, 0.3) is 0 Å². The third-order valence-corrected chi connectivity index (χ3v) is 5.63. The van der Waals surface area contributed by atoms with Gasteiger partial charge in [-0.1, -0.05) is 13.3 Å². The maximum atomic E-state index is 9.96. The average molecular weight is 280 g/mol. The van der Waals surface area contributed by atoms with Gasteiger partial charge in [0.05, 0.1) is 6.10 Å². The lowest BCUT2D eigenvalue weighted by molar-refractivity contribution is 0.0781. The van der Waals surface area contributed by atoms with Crippen molar-refractivity contribution in [1.29, 1.82) is 0 Å². The molecular formula is C17H32N2O. The minimum atomic E-state index is -0.0913. The van der Waals surface area contributed by atoms with Gasteiger partial charge in [0.15, 0.2) is 0 Å². The van der Waals surface area contributed by atoms with Crippen LogP contribution in [0.2, 0.25) is 0 Å². The van der Waals surface area contributed by atoms with Gasteiger partial charge in [-0.3, -0.25) is 4.90 Å². The lowest BCUT2D eigenvalue weighted by Crippen LogP contribution is -2.51. The second kappa shape index (κ2) is 6.76. The van der Waals surface area contributed by atoms with Gasteiger partial charge in [-0.25, -0.2) is 0 Å². The third-order valence-electron chi connectivity index (χ3n) is 5.63. The third kappa shape index (κ3) is 3.96. The van der Waals surface area contributed by atoms with Gasteiger partial charge >= 0.3 is 0 Å². The summed E-state index contributed by atoms with van der Waals surface area (Å²) in [5.41, 5.74) is 0. The van der Waals surface area contributed by atoms with Crippen LogP contribution in [0.15, 0.2) is 0 Å². The summed E-state index contributed by atoms with van der Waals surface area (Å²) < 4.78 is 0. The number of rotatable bonds is 7. The number of likely N-dealkylation sites (tertiary alicyclic amines) is 1. The molecule has 3 aliphatic rings. The van der Waals surface area contributed by atoms with Crippen molar-refractivity contribution in [2.75, 3.05) is 19.6 Å². The summed E-state index contributed by atoms with van der Waals surface area (Å²) in [5.74, 6) is 1.64. The van der Waals surface area contributed by atoms with Gasteiger partial charge in [0.25, 0.3) is 0 Å². The number of hydrogen-bond acceptors (Lipinski definition) is 3. The summed E-state index contributed by atoms with van der Waals surface area (Å²) in [6, 6.07) is 1.53. The molecule has 2 saturated carbocycles. The summed E-state index contributed by atoms with van der Waals surface area (Å²) in [6.07, 6.45) is 10.2. The van der Waals surface area contributed by atoms with Crippen LogP contribution in [0.4, 0.5) is 0 Å². The van der Waals surface area contributed by atoms with Gasteiger partial charge in [0.2, 0.25) is 0 Å². The van der Waals surface area contributed by atoms with Crippen LogP contribution >= 0.6 is 0 Å². The predicted molar refractivity (Wildman–Crippen MR) is 82.7 cm³/mol. The molecule has 0 aromatic rings. The van der Waals surface area contributed by atoms with Crippen molar-refractivity contribution in [1.82, 2.24) is 10.2 Å². The highest BCUT2D eigenvalue weighted by atomic mass is 16.3. The second-order valence-electron chi connectivity index (χ2n) is 7.49. The molecule has 2 aliphatic carbocycles. The van der Waals surface area contributed by atoms with Crippen LogP contribution in [0, 0.1) is 11.8 Å². The van der Waals surface area contributed by atoms with E-state index in [1.807, 2.05) is 0 Å². The average Bonchev–Trinajstić information content (AvgIpc) is 3.20. The van der Waals surface area contributed by atoms with Crippen LogP contribution in [-0.2, 0) is 0 Å². The molecule has 0 aromatic heterocycles. The quantitative estimate of drug-likeness (QED) is 0.751. The molecule has 0 aromatic carbocycles. The van der Waals surface area contributed by atoms with E-state index < -0.39 is 0 Å². The Kier molecular flexibility index (Phi) is 5.00.